The van der Waals surface area contributed by atoms with Crippen LogP contribution in [0.25, 0.3) is 21.5 Å². The summed E-state index contributed by atoms with van der Waals surface area (Å²) in [6.07, 6.45) is 0. The standard InChI is InChI=1S/C14H10.H3O3P/c1-2-6-12-10-14-8-4-3-7-13(14)9-11(12)5-1;1-4(2)3/h1-10H;4H,(H2,1,2,3). The molecular weight excluding hydrogens is 247 g/mol. The Bertz CT molecular complexity index is 586. The van der Waals surface area contributed by atoms with Crippen molar-refractivity contribution >= 4 is 29.8 Å². The molecule has 18 heavy (non-hydrogen) atoms. The van der Waals surface area contributed by atoms with Gasteiger partial charge in [0, 0.05) is 0 Å². The summed E-state index contributed by atoms with van der Waals surface area (Å²) in [5, 5.41) is 5.25. The van der Waals surface area contributed by atoms with Gasteiger partial charge in [-0.3, -0.25) is 4.57 Å². The van der Waals surface area contributed by atoms with E-state index in [9.17, 15) is 0 Å². The maximum Gasteiger partial charge on any atom is 0.314 e. The van der Waals surface area contributed by atoms with Gasteiger partial charge in [-0.2, -0.15) is 0 Å². The monoisotopic (exact) mass is 260 g/mol. The lowest BCUT2D eigenvalue weighted by atomic mass is 10.0. The van der Waals surface area contributed by atoms with Gasteiger partial charge < -0.3 is 9.79 Å². The quantitative estimate of drug-likeness (QED) is 0.481. The third-order valence-corrected chi connectivity index (χ3v) is 2.61. The molecule has 0 atom stereocenters. The van der Waals surface area contributed by atoms with Crippen LogP contribution >= 0.6 is 8.25 Å². The lowest BCUT2D eigenvalue weighted by molar-refractivity contribution is 0.405. The van der Waals surface area contributed by atoms with Gasteiger partial charge >= 0.3 is 8.25 Å². The number of hydrogen-bond acceptors (Lipinski definition) is 1. The van der Waals surface area contributed by atoms with E-state index >= 15 is 0 Å². The minimum atomic E-state index is -3.13. The first-order valence-electron chi connectivity index (χ1n) is 5.46. The highest BCUT2D eigenvalue weighted by Crippen LogP contribution is 2.21. The Morgan fingerprint density at radius 3 is 1.11 bits per heavy atom. The van der Waals surface area contributed by atoms with Crippen LogP contribution in [0, 0.1) is 0 Å². The van der Waals surface area contributed by atoms with E-state index in [4.69, 9.17) is 14.4 Å². The maximum atomic E-state index is 8.74. The van der Waals surface area contributed by atoms with E-state index in [1.54, 1.807) is 0 Å². The Labute approximate surface area is 105 Å². The largest absolute Gasteiger partial charge is 0.326 e. The molecule has 3 aromatic rings. The van der Waals surface area contributed by atoms with Gasteiger partial charge in [-0.15, -0.1) is 0 Å². The smallest absolute Gasteiger partial charge is 0.314 e. The minimum absolute atomic E-state index is 1.31. The summed E-state index contributed by atoms with van der Waals surface area (Å²) in [5.41, 5.74) is 0. The highest BCUT2D eigenvalue weighted by Gasteiger charge is 1.95. The fraction of sp³-hybridized carbons (Fsp3) is 0. The van der Waals surface area contributed by atoms with Gasteiger partial charge in [0.25, 0.3) is 0 Å². The number of rotatable bonds is 0. The molecule has 0 amide bonds. The SMILES string of the molecule is O=[PH](O)O.c1ccc2cc3ccccc3cc2c1. The fourth-order valence-electron chi connectivity index (χ4n) is 1.88. The van der Waals surface area contributed by atoms with Crippen LogP contribution in [-0.2, 0) is 4.57 Å². The molecule has 0 unspecified atom stereocenters. The van der Waals surface area contributed by atoms with E-state index in [1.807, 2.05) is 0 Å². The lowest BCUT2D eigenvalue weighted by Gasteiger charge is -2.00. The summed E-state index contributed by atoms with van der Waals surface area (Å²) in [4.78, 5) is 14.3. The second-order valence-electron chi connectivity index (χ2n) is 3.83. The van der Waals surface area contributed by atoms with Gasteiger partial charge in [0.2, 0.25) is 0 Å². The van der Waals surface area contributed by atoms with E-state index < -0.39 is 8.25 Å². The van der Waals surface area contributed by atoms with Crippen LogP contribution in [0.15, 0.2) is 60.7 Å². The number of benzene rings is 3. The van der Waals surface area contributed by atoms with Crippen LogP contribution in [0.1, 0.15) is 0 Å². The summed E-state index contributed by atoms with van der Waals surface area (Å²) in [7, 11) is -3.13. The second kappa shape index (κ2) is 5.78. The van der Waals surface area contributed by atoms with Crippen LogP contribution in [0.5, 0.6) is 0 Å². The third kappa shape index (κ3) is 3.17. The zero-order chi connectivity index (χ0) is 13.0. The van der Waals surface area contributed by atoms with Crippen molar-refractivity contribution in [2.75, 3.05) is 0 Å². The Balaban J connectivity index is 0.000000267. The van der Waals surface area contributed by atoms with Crippen LogP contribution in [-0.4, -0.2) is 9.79 Å². The lowest BCUT2D eigenvalue weighted by Crippen LogP contribution is -1.74. The average Bonchev–Trinajstić information content (AvgIpc) is 2.35. The minimum Gasteiger partial charge on any atom is -0.326 e. The Morgan fingerprint density at radius 2 is 0.889 bits per heavy atom. The van der Waals surface area contributed by atoms with Crippen molar-refractivity contribution in [1.29, 1.82) is 0 Å². The van der Waals surface area contributed by atoms with Crippen molar-refractivity contribution in [2.24, 2.45) is 0 Å². The molecule has 0 aliphatic rings. The highest BCUT2D eigenvalue weighted by atomic mass is 31.1. The molecule has 0 aliphatic heterocycles. The molecule has 0 radical (unpaired) electrons. The molecule has 0 saturated carbocycles. The topological polar surface area (TPSA) is 57.5 Å². The van der Waals surface area contributed by atoms with Gasteiger partial charge in [0.1, 0.15) is 0 Å². The number of fused-ring (bicyclic) bond motifs is 2. The van der Waals surface area contributed by atoms with Gasteiger partial charge in [0.15, 0.2) is 0 Å². The molecule has 0 bridgehead atoms. The molecule has 3 nitrogen and oxygen atoms in total. The maximum absolute atomic E-state index is 8.74. The summed E-state index contributed by atoms with van der Waals surface area (Å²) < 4.78 is 8.74. The number of hydrogen-bond donors (Lipinski definition) is 2. The summed E-state index contributed by atoms with van der Waals surface area (Å²) in [6.45, 7) is 0. The first-order chi connectivity index (χ1) is 8.66. The first-order valence-corrected chi connectivity index (χ1v) is 6.76. The van der Waals surface area contributed by atoms with E-state index in [2.05, 4.69) is 60.7 Å². The highest BCUT2D eigenvalue weighted by molar-refractivity contribution is 7.30. The molecule has 3 aromatic carbocycles. The molecule has 0 fully saturated rings. The van der Waals surface area contributed by atoms with Crippen LogP contribution < -0.4 is 0 Å². The molecule has 0 aliphatic carbocycles. The Hall–Kier alpha value is -1.67. The molecule has 2 N–H and O–H groups in total. The van der Waals surface area contributed by atoms with Crippen LogP contribution in [0.4, 0.5) is 0 Å². The van der Waals surface area contributed by atoms with Gasteiger partial charge in [0.05, 0.1) is 0 Å². The van der Waals surface area contributed by atoms with Crippen LogP contribution in [0.2, 0.25) is 0 Å². The normalized spacial score (nSPS) is 10.4. The molecule has 0 saturated heterocycles. The molecule has 0 spiro atoms. The van der Waals surface area contributed by atoms with E-state index in [0.717, 1.165) is 0 Å². The second-order valence-corrected chi connectivity index (χ2v) is 4.39. The van der Waals surface area contributed by atoms with Crippen molar-refractivity contribution in [2.45, 2.75) is 0 Å². The Morgan fingerprint density at radius 1 is 0.667 bits per heavy atom. The van der Waals surface area contributed by atoms with E-state index in [-0.39, 0.29) is 0 Å². The van der Waals surface area contributed by atoms with Crippen LogP contribution in [0.3, 0.4) is 0 Å². The van der Waals surface area contributed by atoms with Crippen molar-refractivity contribution in [1.82, 2.24) is 0 Å². The van der Waals surface area contributed by atoms with Crippen molar-refractivity contribution in [3.63, 3.8) is 0 Å². The van der Waals surface area contributed by atoms with Gasteiger partial charge in [-0.1, -0.05) is 48.5 Å². The molecule has 92 valence electrons. The van der Waals surface area contributed by atoms with Crippen molar-refractivity contribution < 1.29 is 14.4 Å². The Kier molecular flexibility index (Phi) is 4.11. The average molecular weight is 260 g/mol. The molecule has 3 rings (SSSR count). The van der Waals surface area contributed by atoms with Crippen molar-refractivity contribution in [3.05, 3.63) is 60.7 Å². The summed E-state index contributed by atoms with van der Waals surface area (Å²) in [5.74, 6) is 0. The van der Waals surface area contributed by atoms with E-state index in [1.165, 1.54) is 21.5 Å². The first kappa shape index (κ1) is 12.8. The van der Waals surface area contributed by atoms with Gasteiger partial charge in [-0.05, 0) is 33.7 Å². The summed E-state index contributed by atoms with van der Waals surface area (Å²) >= 11 is 0. The zero-order valence-corrected chi connectivity index (χ0v) is 10.6. The predicted molar refractivity (Wildman–Crippen MR) is 74.9 cm³/mol. The zero-order valence-electron chi connectivity index (χ0n) is 9.58. The predicted octanol–water partition coefficient (Wildman–Crippen LogP) is 3.35. The van der Waals surface area contributed by atoms with Gasteiger partial charge in [-0.25, -0.2) is 0 Å². The molecular formula is C14H13O3P. The fourth-order valence-corrected chi connectivity index (χ4v) is 1.88. The van der Waals surface area contributed by atoms with Crippen molar-refractivity contribution in [3.8, 4) is 0 Å². The molecule has 4 heteroatoms. The summed E-state index contributed by atoms with van der Waals surface area (Å²) in [6, 6.07) is 21.4. The van der Waals surface area contributed by atoms with E-state index in [0.29, 0.717) is 0 Å². The molecule has 0 aromatic heterocycles. The molecule has 0 heterocycles. The third-order valence-electron chi connectivity index (χ3n) is 2.61.